The molecular weight excluding hydrogens is 210 g/mol. The minimum Gasteiger partial charge on any atom is -0.495 e. The standard InChI is InChI=1S/C15H17NO/c1-16-14-9-5-6-10-15(14)17-12-11-13-7-3-2-4-8-13/h2-8,10,14H,1,9,11-12H2. The Morgan fingerprint density at radius 1 is 1.29 bits per heavy atom. The highest BCUT2D eigenvalue weighted by Crippen LogP contribution is 2.17. The molecule has 2 nitrogen and oxygen atoms in total. The zero-order valence-electron chi connectivity index (χ0n) is 9.88. The molecule has 2 heteroatoms. The Morgan fingerprint density at radius 2 is 2.12 bits per heavy atom. The van der Waals surface area contributed by atoms with Crippen LogP contribution in [0.15, 0.2) is 59.3 Å². The summed E-state index contributed by atoms with van der Waals surface area (Å²) in [7, 11) is 0. The number of aliphatic imine (C=N–C) groups is 1. The van der Waals surface area contributed by atoms with Gasteiger partial charge in [0.1, 0.15) is 11.8 Å². The number of benzene rings is 1. The first-order valence-electron chi connectivity index (χ1n) is 5.89. The third-order valence-corrected chi connectivity index (χ3v) is 2.81. The molecule has 0 heterocycles. The van der Waals surface area contributed by atoms with E-state index in [0.29, 0.717) is 6.61 Å². The summed E-state index contributed by atoms with van der Waals surface area (Å²) < 4.78 is 5.77. The van der Waals surface area contributed by atoms with Crippen LogP contribution in [-0.4, -0.2) is 19.4 Å². The van der Waals surface area contributed by atoms with E-state index < -0.39 is 0 Å². The first-order valence-corrected chi connectivity index (χ1v) is 5.89. The third-order valence-electron chi connectivity index (χ3n) is 2.81. The summed E-state index contributed by atoms with van der Waals surface area (Å²) in [6.45, 7) is 4.29. The second kappa shape index (κ2) is 6.04. The van der Waals surface area contributed by atoms with Crippen molar-refractivity contribution in [1.29, 1.82) is 0 Å². The molecule has 0 radical (unpaired) electrons. The summed E-state index contributed by atoms with van der Waals surface area (Å²) in [5, 5.41) is 0. The largest absolute Gasteiger partial charge is 0.495 e. The lowest BCUT2D eigenvalue weighted by atomic mass is 10.1. The number of nitrogens with zero attached hydrogens (tertiary/aromatic N) is 1. The van der Waals surface area contributed by atoms with E-state index in [0.717, 1.165) is 18.6 Å². The second-order valence-corrected chi connectivity index (χ2v) is 4.02. The number of rotatable bonds is 5. The Bertz CT molecular complexity index is 420. The number of ether oxygens (including phenoxy) is 1. The van der Waals surface area contributed by atoms with E-state index in [9.17, 15) is 0 Å². The molecule has 17 heavy (non-hydrogen) atoms. The zero-order chi connectivity index (χ0) is 11.9. The molecule has 0 N–H and O–H groups in total. The molecule has 1 unspecified atom stereocenters. The van der Waals surface area contributed by atoms with Gasteiger partial charge in [-0.05, 0) is 24.8 Å². The van der Waals surface area contributed by atoms with Gasteiger partial charge in [0.05, 0.1) is 6.61 Å². The van der Waals surface area contributed by atoms with Crippen molar-refractivity contribution in [3.8, 4) is 0 Å². The molecule has 1 aromatic carbocycles. The summed E-state index contributed by atoms with van der Waals surface area (Å²) in [6.07, 6.45) is 7.89. The van der Waals surface area contributed by atoms with Gasteiger partial charge in [0, 0.05) is 6.42 Å². The van der Waals surface area contributed by atoms with Crippen LogP contribution in [0.25, 0.3) is 0 Å². The van der Waals surface area contributed by atoms with Crippen molar-refractivity contribution in [3.63, 3.8) is 0 Å². The molecule has 2 rings (SSSR count). The summed E-state index contributed by atoms with van der Waals surface area (Å²) >= 11 is 0. The highest BCUT2D eigenvalue weighted by molar-refractivity contribution is 5.29. The van der Waals surface area contributed by atoms with Crippen LogP contribution < -0.4 is 0 Å². The van der Waals surface area contributed by atoms with Crippen LogP contribution >= 0.6 is 0 Å². The Labute approximate surface area is 102 Å². The lowest BCUT2D eigenvalue weighted by molar-refractivity contribution is 0.196. The molecule has 0 fully saturated rings. The lowest BCUT2D eigenvalue weighted by Crippen LogP contribution is -2.13. The lowest BCUT2D eigenvalue weighted by Gasteiger charge is -2.18. The van der Waals surface area contributed by atoms with Gasteiger partial charge in [-0.25, -0.2) is 0 Å². The first kappa shape index (κ1) is 11.6. The van der Waals surface area contributed by atoms with Gasteiger partial charge in [0.15, 0.2) is 0 Å². The number of allylic oxidation sites excluding steroid dienone is 2. The van der Waals surface area contributed by atoms with Crippen LogP contribution in [0.2, 0.25) is 0 Å². The van der Waals surface area contributed by atoms with E-state index in [2.05, 4.69) is 29.9 Å². The summed E-state index contributed by atoms with van der Waals surface area (Å²) in [6, 6.07) is 10.4. The fraction of sp³-hybridized carbons (Fsp3) is 0.267. The summed E-state index contributed by atoms with van der Waals surface area (Å²) in [5.74, 6) is 0.929. The number of hydrogen-bond donors (Lipinski definition) is 0. The monoisotopic (exact) mass is 227 g/mol. The van der Waals surface area contributed by atoms with E-state index in [1.54, 1.807) is 0 Å². The van der Waals surface area contributed by atoms with Gasteiger partial charge >= 0.3 is 0 Å². The Balaban J connectivity index is 1.84. The Morgan fingerprint density at radius 3 is 2.88 bits per heavy atom. The average Bonchev–Trinajstić information content (AvgIpc) is 2.40. The fourth-order valence-electron chi connectivity index (χ4n) is 1.84. The van der Waals surface area contributed by atoms with Gasteiger partial charge in [0.25, 0.3) is 0 Å². The highest BCUT2D eigenvalue weighted by Gasteiger charge is 2.13. The molecule has 0 saturated heterocycles. The molecule has 0 aliphatic heterocycles. The van der Waals surface area contributed by atoms with Crippen LogP contribution in [0.5, 0.6) is 0 Å². The summed E-state index contributed by atoms with van der Waals surface area (Å²) in [4.78, 5) is 4.06. The predicted octanol–water partition coefficient (Wildman–Crippen LogP) is 3.16. The molecule has 0 amide bonds. The SMILES string of the molecule is C=NC1CC=CC=C1OCCc1ccccc1. The van der Waals surface area contributed by atoms with Crippen molar-refractivity contribution in [2.24, 2.45) is 4.99 Å². The third kappa shape index (κ3) is 3.31. The molecule has 1 atom stereocenters. The van der Waals surface area contributed by atoms with Gasteiger partial charge in [-0.2, -0.15) is 0 Å². The van der Waals surface area contributed by atoms with E-state index in [1.807, 2.05) is 30.4 Å². The van der Waals surface area contributed by atoms with Crippen LogP contribution in [0.1, 0.15) is 12.0 Å². The normalized spacial score (nSPS) is 18.6. The smallest absolute Gasteiger partial charge is 0.121 e. The maximum atomic E-state index is 5.77. The molecule has 1 aliphatic carbocycles. The van der Waals surface area contributed by atoms with Crippen LogP contribution in [0.4, 0.5) is 0 Å². The molecule has 0 bridgehead atoms. The van der Waals surface area contributed by atoms with E-state index in [-0.39, 0.29) is 6.04 Å². The quantitative estimate of drug-likeness (QED) is 0.708. The Hall–Kier alpha value is -1.83. The zero-order valence-corrected chi connectivity index (χ0v) is 9.88. The van der Waals surface area contributed by atoms with Crippen LogP contribution in [-0.2, 0) is 11.2 Å². The molecular formula is C15H17NO. The topological polar surface area (TPSA) is 21.6 Å². The van der Waals surface area contributed by atoms with Crippen LogP contribution in [0.3, 0.4) is 0 Å². The maximum absolute atomic E-state index is 5.77. The predicted molar refractivity (Wildman–Crippen MR) is 71.3 cm³/mol. The van der Waals surface area contributed by atoms with Crippen molar-refractivity contribution in [2.75, 3.05) is 6.61 Å². The number of hydrogen-bond acceptors (Lipinski definition) is 2. The maximum Gasteiger partial charge on any atom is 0.121 e. The van der Waals surface area contributed by atoms with E-state index in [4.69, 9.17) is 4.74 Å². The first-order chi connectivity index (χ1) is 8.40. The van der Waals surface area contributed by atoms with Crippen molar-refractivity contribution in [3.05, 3.63) is 59.9 Å². The minimum absolute atomic E-state index is 0.0933. The van der Waals surface area contributed by atoms with Gasteiger partial charge in [-0.15, -0.1) is 0 Å². The minimum atomic E-state index is 0.0933. The van der Waals surface area contributed by atoms with Crippen molar-refractivity contribution in [1.82, 2.24) is 0 Å². The van der Waals surface area contributed by atoms with Crippen LogP contribution in [0, 0.1) is 0 Å². The molecule has 0 spiro atoms. The van der Waals surface area contributed by atoms with E-state index >= 15 is 0 Å². The van der Waals surface area contributed by atoms with Gasteiger partial charge < -0.3 is 4.74 Å². The summed E-state index contributed by atoms with van der Waals surface area (Å²) in [5.41, 5.74) is 1.29. The highest BCUT2D eigenvalue weighted by atomic mass is 16.5. The average molecular weight is 227 g/mol. The Kier molecular flexibility index (Phi) is 4.14. The van der Waals surface area contributed by atoms with Gasteiger partial charge in [0.2, 0.25) is 0 Å². The molecule has 1 aromatic rings. The fourth-order valence-corrected chi connectivity index (χ4v) is 1.84. The second-order valence-electron chi connectivity index (χ2n) is 4.02. The molecule has 88 valence electrons. The van der Waals surface area contributed by atoms with Gasteiger partial charge in [-0.3, -0.25) is 4.99 Å². The van der Waals surface area contributed by atoms with Crippen molar-refractivity contribution < 1.29 is 4.74 Å². The molecule has 0 aromatic heterocycles. The molecule has 0 saturated carbocycles. The van der Waals surface area contributed by atoms with Crippen molar-refractivity contribution in [2.45, 2.75) is 18.9 Å². The molecule has 1 aliphatic rings. The van der Waals surface area contributed by atoms with Crippen molar-refractivity contribution >= 4 is 6.72 Å². The van der Waals surface area contributed by atoms with Gasteiger partial charge in [-0.1, -0.05) is 42.5 Å². The van der Waals surface area contributed by atoms with E-state index in [1.165, 1.54) is 5.56 Å².